The maximum Gasteiger partial charge on any atom is 0.285 e. The van der Waals surface area contributed by atoms with Gasteiger partial charge in [0.15, 0.2) is 16.9 Å². The molecule has 0 atom stereocenters. The molecule has 0 fully saturated rings. The van der Waals surface area contributed by atoms with E-state index in [9.17, 15) is 9.59 Å². The number of nitrogens with zero attached hydrogens (tertiary/aromatic N) is 5. The number of benzene rings is 2. The van der Waals surface area contributed by atoms with E-state index in [1.807, 2.05) is 43.3 Å². The van der Waals surface area contributed by atoms with Crippen LogP contribution in [0.1, 0.15) is 29.9 Å². The van der Waals surface area contributed by atoms with E-state index in [4.69, 9.17) is 5.10 Å². The molecule has 0 unspecified atom stereocenters. The Balaban J connectivity index is 1.72. The van der Waals surface area contributed by atoms with Gasteiger partial charge in [0, 0.05) is 17.4 Å². The van der Waals surface area contributed by atoms with E-state index in [0.29, 0.717) is 22.4 Å². The number of aromatic nitrogens is 5. The number of fused-ring (bicyclic) bond motifs is 3. The average Bonchev–Trinajstić information content (AvgIpc) is 3.19. The molecule has 7 heteroatoms. The Morgan fingerprint density at radius 2 is 1.71 bits per heavy atom. The van der Waals surface area contributed by atoms with Crippen LogP contribution in [0.3, 0.4) is 0 Å². The molecule has 0 amide bonds. The predicted molar refractivity (Wildman–Crippen MR) is 119 cm³/mol. The first-order valence-corrected chi connectivity index (χ1v) is 10.0. The van der Waals surface area contributed by atoms with Gasteiger partial charge in [-0.05, 0) is 49.2 Å². The molecule has 0 bridgehead atoms. The highest BCUT2D eigenvalue weighted by Gasteiger charge is 2.18. The number of carbonyl (C=O) groups is 1. The Morgan fingerprint density at radius 1 is 0.968 bits per heavy atom. The summed E-state index contributed by atoms with van der Waals surface area (Å²) in [4.78, 5) is 24.7. The van der Waals surface area contributed by atoms with E-state index in [2.05, 4.69) is 10.2 Å². The van der Waals surface area contributed by atoms with Crippen molar-refractivity contribution >= 4 is 22.5 Å². The van der Waals surface area contributed by atoms with Crippen LogP contribution < -0.4 is 5.56 Å². The zero-order valence-corrected chi connectivity index (χ0v) is 17.1. The van der Waals surface area contributed by atoms with E-state index >= 15 is 0 Å². The molecule has 5 rings (SSSR count). The number of aryl methyl sites for hydroxylation is 1. The number of hydrogen-bond acceptors (Lipinski definition) is 5. The van der Waals surface area contributed by atoms with Gasteiger partial charge in [0.05, 0.1) is 11.3 Å². The number of Topliss-reactive ketones (excluding diaryl/α,β-unsaturated/α-hetero) is 1. The molecule has 0 aliphatic carbocycles. The first kappa shape index (κ1) is 18.9. The molecule has 2 aromatic carbocycles. The molecule has 31 heavy (non-hydrogen) atoms. The van der Waals surface area contributed by atoms with Gasteiger partial charge in [-0.1, -0.05) is 37.3 Å². The molecule has 3 aromatic heterocycles. The Bertz CT molecular complexity index is 1500. The van der Waals surface area contributed by atoms with Gasteiger partial charge in [-0.25, -0.2) is 4.52 Å². The minimum absolute atomic E-state index is 0.0229. The molecular formula is C24H19N5O2. The number of pyridine rings is 1. The van der Waals surface area contributed by atoms with Crippen LogP contribution in [0.2, 0.25) is 0 Å². The van der Waals surface area contributed by atoms with Gasteiger partial charge in [-0.2, -0.15) is 5.10 Å². The highest BCUT2D eigenvalue weighted by atomic mass is 16.1. The Labute approximate surface area is 177 Å². The highest BCUT2D eigenvalue weighted by molar-refractivity contribution is 5.94. The zero-order chi connectivity index (χ0) is 21.5. The summed E-state index contributed by atoms with van der Waals surface area (Å²) in [6.07, 6.45) is 2.43. The van der Waals surface area contributed by atoms with E-state index in [1.165, 1.54) is 11.5 Å². The molecule has 0 saturated heterocycles. The van der Waals surface area contributed by atoms with Crippen molar-refractivity contribution in [3.8, 4) is 16.8 Å². The first-order valence-electron chi connectivity index (χ1n) is 10.0. The fraction of sp³-hybridized carbons (Fsp3) is 0.125. The second-order valence-electron chi connectivity index (χ2n) is 7.30. The van der Waals surface area contributed by atoms with Crippen molar-refractivity contribution in [2.45, 2.75) is 20.3 Å². The molecule has 7 nitrogen and oxygen atoms in total. The van der Waals surface area contributed by atoms with Gasteiger partial charge in [0.25, 0.3) is 5.56 Å². The van der Waals surface area contributed by atoms with Gasteiger partial charge in [0.2, 0.25) is 0 Å². The van der Waals surface area contributed by atoms with Gasteiger partial charge in [-0.15, -0.1) is 10.2 Å². The van der Waals surface area contributed by atoms with Gasteiger partial charge in [0.1, 0.15) is 5.52 Å². The van der Waals surface area contributed by atoms with E-state index in [1.54, 1.807) is 35.0 Å². The smallest absolute Gasteiger partial charge is 0.285 e. The lowest BCUT2D eigenvalue weighted by molar-refractivity contribution is 0.101. The quantitative estimate of drug-likeness (QED) is 0.421. The van der Waals surface area contributed by atoms with E-state index in [-0.39, 0.29) is 16.9 Å². The van der Waals surface area contributed by atoms with Crippen LogP contribution >= 0.6 is 0 Å². The van der Waals surface area contributed by atoms with Crippen LogP contribution in [0.5, 0.6) is 0 Å². The zero-order valence-electron chi connectivity index (χ0n) is 17.1. The topological polar surface area (TPSA) is 82.2 Å². The minimum atomic E-state index is -0.294. The summed E-state index contributed by atoms with van der Waals surface area (Å²) in [5.41, 5.74) is 5.25. The molecule has 0 saturated carbocycles. The lowest BCUT2D eigenvalue weighted by atomic mass is 10.0. The van der Waals surface area contributed by atoms with Crippen molar-refractivity contribution in [1.82, 2.24) is 24.4 Å². The van der Waals surface area contributed by atoms with E-state index < -0.39 is 0 Å². The Hall–Kier alpha value is -4.13. The highest BCUT2D eigenvalue weighted by Crippen LogP contribution is 2.28. The van der Waals surface area contributed by atoms with Gasteiger partial charge >= 0.3 is 0 Å². The molecule has 3 heterocycles. The summed E-state index contributed by atoms with van der Waals surface area (Å²) in [6, 6.07) is 18.7. The van der Waals surface area contributed by atoms with Crippen LogP contribution in [-0.2, 0) is 6.42 Å². The van der Waals surface area contributed by atoms with E-state index in [0.717, 1.165) is 23.2 Å². The minimum Gasteiger partial charge on any atom is -0.295 e. The molecule has 0 radical (unpaired) electrons. The van der Waals surface area contributed by atoms with Gasteiger partial charge < -0.3 is 0 Å². The molecule has 152 valence electrons. The maximum atomic E-state index is 13.2. The van der Waals surface area contributed by atoms with Gasteiger partial charge in [-0.3, -0.25) is 14.2 Å². The largest absolute Gasteiger partial charge is 0.295 e. The summed E-state index contributed by atoms with van der Waals surface area (Å²) < 4.78 is 3.20. The predicted octanol–water partition coefficient (Wildman–Crippen LogP) is 3.86. The second kappa shape index (κ2) is 7.28. The number of hydrogen-bond donors (Lipinski definition) is 0. The van der Waals surface area contributed by atoms with Crippen LogP contribution in [0, 0.1) is 0 Å². The van der Waals surface area contributed by atoms with Crippen LogP contribution in [0.15, 0.2) is 71.7 Å². The first-order chi connectivity index (χ1) is 15.1. The Kier molecular flexibility index (Phi) is 4.43. The summed E-state index contributed by atoms with van der Waals surface area (Å²) >= 11 is 0. The third-order valence-electron chi connectivity index (χ3n) is 5.40. The number of ketones is 1. The van der Waals surface area contributed by atoms with Crippen molar-refractivity contribution in [1.29, 1.82) is 0 Å². The summed E-state index contributed by atoms with van der Waals surface area (Å²) in [6.45, 7) is 3.55. The van der Waals surface area contributed by atoms with Crippen LogP contribution in [0.25, 0.3) is 33.5 Å². The third kappa shape index (κ3) is 3.02. The number of rotatable bonds is 4. The lowest BCUT2D eigenvalue weighted by Gasteiger charge is -2.08. The van der Waals surface area contributed by atoms with Crippen molar-refractivity contribution in [2.75, 3.05) is 0 Å². The molecule has 0 N–H and O–H groups in total. The molecular weight excluding hydrogens is 390 g/mol. The van der Waals surface area contributed by atoms with Crippen molar-refractivity contribution in [3.05, 3.63) is 88.5 Å². The summed E-state index contributed by atoms with van der Waals surface area (Å²) in [5, 5.41) is 13.4. The third-order valence-corrected chi connectivity index (χ3v) is 5.40. The second-order valence-corrected chi connectivity index (χ2v) is 7.30. The fourth-order valence-corrected chi connectivity index (χ4v) is 3.80. The standard InChI is InChI=1S/C24H19N5O2/c1-3-19-21(17-7-5-4-6-8-17)23-26-25-22-20(29(23)27-19)13-14-28(24(22)31)18-11-9-16(10-12-18)15(2)30/h4-14H,3H2,1-2H3. The lowest BCUT2D eigenvalue weighted by Crippen LogP contribution is -2.20. The molecule has 0 aliphatic rings. The fourth-order valence-electron chi connectivity index (χ4n) is 3.80. The van der Waals surface area contributed by atoms with Crippen molar-refractivity contribution in [3.63, 3.8) is 0 Å². The number of carbonyl (C=O) groups excluding carboxylic acids is 1. The van der Waals surface area contributed by atoms with Crippen LogP contribution in [0.4, 0.5) is 0 Å². The SMILES string of the molecule is CCc1nn2c(nnc3c(=O)n(-c4ccc(C(C)=O)cc4)ccc32)c1-c1ccccc1. The summed E-state index contributed by atoms with van der Waals surface area (Å²) in [5.74, 6) is -0.0229. The Morgan fingerprint density at radius 3 is 2.39 bits per heavy atom. The van der Waals surface area contributed by atoms with Crippen molar-refractivity contribution < 1.29 is 4.79 Å². The van der Waals surface area contributed by atoms with Crippen molar-refractivity contribution in [2.24, 2.45) is 0 Å². The average molecular weight is 409 g/mol. The molecule has 0 spiro atoms. The molecule has 0 aliphatic heterocycles. The molecule has 5 aromatic rings. The van der Waals surface area contributed by atoms with Crippen LogP contribution in [-0.4, -0.2) is 30.2 Å². The normalized spacial score (nSPS) is 11.3. The monoisotopic (exact) mass is 409 g/mol. The summed E-state index contributed by atoms with van der Waals surface area (Å²) in [7, 11) is 0. The maximum absolute atomic E-state index is 13.2.